The van der Waals surface area contributed by atoms with Crippen molar-refractivity contribution < 1.29 is 14.3 Å². The van der Waals surface area contributed by atoms with Crippen LogP contribution in [0.25, 0.3) is 11.1 Å². The van der Waals surface area contributed by atoms with E-state index in [0.29, 0.717) is 48.6 Å². The van der Waals surface area contributed by atoms with Crippen molar-refractivity contribution >= 4 is 29.2 Å². The standard InChI is InChI=1S/C34H45N7O4/c1-20(2)38-28-17-25(16-26(30(28)23(5)35)31(42)37-19-27-21(3)15-22(4)39-32(27)43)24-9-10-29(36-18-24)40-11-13-41(14-12-40)33(44)45-34(6,7)8/h9-10,15-18,20,35,38H,11-14,19H2,1-8H3,(H,37,42)(H,39,43). The molecule has 1 aliphatic heterocycles. The van der Waals surface area contributed by atoms with Crippen LogP contribution in [0.2, 0.25) is 0 Å². The number of carbonyl (C=O) groups is 2. The number of rotatable bonds is 8. The Morgan fingerprint density at radius 3 is 2.31 bits per heavy atom. The van der Waals surface area contributed by atoms with Crippen LogP contribution < -0.4 is 21.1 Å². The highest BCUT2D eigenvalue weighted by Gasteiger charge is 2.26. The number of anilines is 2. The smallest absolute Gasteiger partial charge is 0.410 e. The summed E-state index contributed by atoms with van der Waals surface area (Å²) in [6, 6.07) is 9.55. The molecule has 11 nitrogen and oxygen atoms in total. The minimum atomic E-state index is -0.536. The van der Waals surface area contributed by atoms with Gasteiger partial charge in [-0.25, -0.2) is 9.78 Å². The van der Waals surface area contributed by atoms with Gasteiger partial charge in [-0.1, -0.05) is 0 Å². The maximum atomic E-state index is 13.7. The van der Waals surface area contributed by atoms with Gasteiger partial charge < -0.3 is 35.6 Å². The molecule has 0 bridgehead atoms. The lowest BCUT2D eigenvalue weighted by atomic mass is 9.94. The van der Waals surface area contributed by atoms with Crippen molar-refractivity contribution in [3.05, 3.63) is 74.8 Å². The number of nitrogens with zero attached hydrogens (tertiary/aromatic N) is 3. The monoisotopic (exact) mass is 615 g/mol. The van der Waals surface area contributed by atoms with E-state index in [1.807, 2.05) is 72.7 Å². The maximum absolute atomic E-state index is 13.7. The van der Waals surface area contributed by atoms with Crippen molar-refractivity contribution in [2.24, 2.45) is 0 Å². The molecule has 0 atom stereocenters. The molecular formula is C34H45N7O4. The summed E-state index contributed by atoms with van der Waals surface area (Å²) in [7, 11) is 0. The van der Waals surface area contributed by atoms with Crippen molar-refractivity contribution in [1.29, 1.82) is 5.41 Å². The van der Waals surface area contributed by atoms with Gasteiger partial charge in [-0.15, -0.1) is 0 Å². The number of aromatic nitrogens is 2. The molecule has 2 aromatic heterocycles. The summed E-state index contributed by atoms with van der Waals surface area (Å²) in [5, 5.41) is 14.8. The molecule has 0 radical (unpaired) electrons. The molecule has 4 rings (SSSR count). The topological polar surface area (TPSA) is 144 Å². The molecule has 0 spiro atoms. The number of carbonyl (C=O) groups excluding carboxylic acids is 2. The SMILES string of the molecule is CC(=N)c1c(NC(C)C)cc(-c2ccc(N3CCN(C(=O)OC(C)(C)C)CC3)nc2)cc1C(=O)NCc1c(C)cc(C)[nH]c1=O. The van der Waals surface area contributed by atoms with E-state index in [-0.39, 0.29) is 35.9 Å². The fourth-order valence-corrected chi connectivity index (χ4v) is 5.37. The molecule has 2 amide bonds. The van der Waals surface area contributed by atoms with Gasteiger partial charge in [0.05, 0.1) is 5.56 Å². The normalized spacial score (nSPS) is 13.5. The quantitative estimate of drug-likeness (QED) is 0.254. The van der Waals surface area contributed by atoms with Crippen molar-refractivity contribution in [2.75, 3.05) is 36.4 Å². The number of H-pyrrole nitrogens is 1. The predicted molar refractivity (Wildman–Crippen MR) is 179 cm³/mol. The lowest BCUT2D eigenvalue weighted by Crippen LogP contribution is -2.50. The summed E-state index contributed by atoms with van der Waals surface area (Å²) in [6.45, 7) is 17.3. The highest BCUT2D eigenvalue weighted by molar-refractivity contribution is 6.12. The second kappa shape index (κ2) is 13.5. The third-order valence-corrected chi connectivity index (χ3v) is 7.46. The third kappa shape index (κ3) is 8.29. The Balaban J connectivity index is 1.59. The number of nitrogens with one attached hydrogen (secondary N) is 4. The van der Waals surface area contributed by atoms with Gasteiger partial charge in [0.1, 0.15) is 11.4 Å². The van der Waals surface area contributed by atoms with E-state index >= 15 is 0 Å². The molecule has 0 unspecified atom stereocenters. The fourth-order valence-electron chi connectivity index (χ4n) is 5.37. The van der Waals surface area contributed by atoms with Crippen LogP contribution in [-0.4, -0.2) is 70.4 Å². The van der Waals surface area contributed by atoms with Gasteiger partial charge in [-0.3, -0.25) is 9.59 Å². The number of piperazine rings is 1. The zero-order chi connectivity index (χ0) is 33.1. The zero-order valence-corrected chi connectivity index (χ0v) is 27.6. The zero-order valence-electron chi connectivity index (χ0n) is 27.6. The number of benzene rings is 1. The number of pyridine rings is 2. The van der Waals surface area contributed by atoms with E-state index < -0.39 is 5.60 Å². The van der Waals surface area contributed by atoms with Crippen molar-refractivity contribution in [3.8, 4) is 11.1 Å². The second-order valence-corrected chi connectivity index (χ2v) is 12.9. The fraction of sp³-hybridized carbons (Fsp3) is 0.441. The largest absolute Gasteiger partial charge is 0.444 e. The molecule has 3 heterocycles. The van der Waals surface area contributed by atoms with E-state index in [0.717, 1.165) is 28.2 Å². The minimum absolute atomic E-state index is 0.0582. The number of ether oxygens (including phenoxy) is 1. The van der Waals surface area contributed by atoms with Gasteiger partial charge in [-0.2, -0.15) is 0 Å². The molecule has 45 heavy (non-hydrogen) atoms. The molecule has 11 heteroatoms. The first-order valence-corrected chi connectivity index (χ1v) is 15.3. The summed E-state index contributed by atoms with van der Waals surface area (Å²) in [5.41, 5.74) is 4.63. The van der Waals surface area contributed by atoms with E-state index in [4.69, 9.17) is 15.1 Å². The van der Waals surface area contributed by atoms with Crippen LogP contribution >= 0.6 is 0 Å². The van der Waals surface area contributed by atoms with Crippen molar-refractivity contribution in [1.82, 2.24) is 20.2 Å². The van der Waals surface area contributed by atoms with Gasteiger partial charge in [-0.05, 0) is 96.8 Å². The van der Waals surface area contributed by atoms with Crippen LogP contribution in [0.5, 0.6) is 0 Å². The first-order chi connectivity index (χ1) is 21.1. The molecular weight excluding hydrogens is 570 g/mol. The summed E-state index contributed by atoms with van der Waals surface area (Å²) < 4.78 is 5.51. The summed E-state index contributed by atoms with van der Waals surface area (Å²) in [6.07, 6.45) is 1.47. The molecule has 0 aliphatic carbocycles. The lowest BCUT2D eigenvalue weighted by Gasteiger charge is -2.36. The molecule has 1 fully saturated rings. The van der Waals surface area contributed by atoms with Gasteiger partial charge in [0.25, 0.3) is 11.5 Å². The van der Waals surface area contributed by atoms with Crippen LogP contribution in [0.1, 0.15) is 74.3 Å². The average Bonchev–Trinajstić information content (AvgIpc) is 2.95. The lowest BCUT2D eigenvalue weighted by molar-refractivity contribution is 0.0240. The first-order valence-electron chi connectivity index (χ1n) is 15.3. The number of aromatic amines is 1. The predicted octanol–water partition coefficient (Wildman–Crippen LogP) is 5.25. The van der Waals surface area contributed by atoms with Gasteiger partial charge in [0.2, 0.25) is 0 Å². The molecule has 1 saturated heterocycles. The number of amides is 2. The number of aryl methyl sites for hydroxylation is 2. The Kier molecular flexibility index (Phi) is 10.00. The van der Waals surface area contributed by atoms with Crippen molar-refractivity contribution in [3.63, 3.8) is 0 Å². The Bertz CT molecular complexity index is 1630. The van der Waals surface area contributed by atoms with E-state index in [1.54, 1.807) is 24.1 Å². The summed E-state index contributed by atoms with van der Waals surface area (Å²) in [5.74, 6) is 0.420. The Morgan fingerprint density at radius 1 is 1.07 bits per heavy atom. The highest BCUT2D eigenvalue weighted by atomic mass is 16.6. The Hall–Kier alpha value is -4.67. The molecule has 4 N–H and O–H groups in total. The van der Waals surface area contributed by atoms with Crippen LogP contribution in [0.4, 0.5) is 16.3 Å². The third-order valence-electron chi connectivity index (χ3n) is 7.46. The van der Waals surface area contributed by atoms with Crippen LogP contribution in [0.15, 0.2) is 41.3 Å². The summed E-state index contributed by atoms with van der Waals surface area (Å²) >= 11 is 0. The van der Waals surface area contributed by atoms with Crippen LogP contribution in [0, 0.1) is 19.3 Å². The van der Waals surface area contributed by atoms with Crippen LogP contribution in [0.3, 0.4) is 0 Å². The molecule has 240 valence electrons. The van der Waals surface area contributed by atoms with Crippen molar-refractivity contribution in [2.45, 2.75) is 73.6 Å². The van der Waals surface area contributed by atoms with E-state index in [1.165, 1.54) is 0 Å². The molecule has 1 aromatic carbocycles. The van der Waals surface area contributed by atoms with Gasteiger partial charge >= 0.3 is 6.09 Å². The Morgan fingerprint density at radius 2 is 1.76 bits per heavy atom. The molecule has 1 aliphatic rings. The minimum Gasteiger partial charge on any atom is -0.444 e. The number of hydrogen-bond donors (Lipinski definition) is 4. The molecule has 3 aromatic rings. The van der Waals surface area contributed by atoms with Crippen LogP contribution in [-0.2, 0) is 11.3 Å². The van der Waals surface area contributed by atoms with Gasteiger partial charge in [0.15, 0.2) is 0 Å². The molecule has 0 saturated carbocycles. The van der Waals surface area contributed by atoms with Gasteiger partial charge in [0, 0.05) is 78.7 Å². The number of hydrogen-bond acceptors (Lipinski definition) is 8. The maximum Gasteiger partial charge on any atom is 0.410 e. The highest BCUT2D eigenvalue weighted by Crippen LogP contribution is 2.31. The van der Waals surface area contributed by atoms with E-state index in [9.17, 15) is 14.4 Å². The summed E-state index contributed by atoms with van der Waals surface area (Å²) in [4.78, 5) is 50.0. The average molecular weight is 616 g/mol. The second-order valence-electron chi connectivity index (χ2n) is 12.9. The Labute approximate surface area is 264 Å². The van der Waals surface area contributed by atoms with E-state index in [2.05, 4.69) is 20.5 Å². The first kappa shape index (κ1) is 33.2.